The quantitative estimate of drug-likeness (QED) is 0.404. The van der Waals surface area contributed by atoms with Gasteiger partial charge in [-0.05, 0) is 56.7 Å². The Kier molecular flexibility index (Phi) is 6.91. The summed E-state index contributed by atoms with van der Waals surface area (Å²) >= 11 is 2.82. The van der Waals surface area contributed by atoms with Crippen LogP contribution in [-0.2, 0) is 11.2 Å². The maximum atomic E-state index is 13.3. The van der Waals surface area contributed by atoms with Gasteiger partial charge >= 0.3 is 0 Å². The zero-order valence-corrected chi connectivity index (χ0v) is 19.9. The summed E-state index contributed by atoms with van der Waals surface area (Å²) in [6.45, 7) is 6.50. The molecule has 2 aromatic carbocycles. The maximum absolute atomic E-state index is 13.3. The van der Waals surface area contributed by atoms with E-state index in [1.54, 1.807) is 16.3 Å². The number of amides is 1. The molecule has 1 aliphatic heterocycles. The third-order valence-electron chi connectivity index (χ3n) is 5.06. The molecule has 32 heavy (non-hydrogen) atoms. The fraction of sp³-hybridized carbons (Fsp3) is 0.292. The van der Waals surface area contributed by atoms with Crippen molar-refractivity contribution >= 4 is 35.1 Å². The average Bonchev–Trinajstić information content (AvgIpc) is 3.24. The van der Waals surface area contributed by atoms with Gasteiger partial charge in [0.15, 0.2) is 5.16 Å². The first-order chi connectivity index (χ1) is 15.5. The Morgan fingerprint density at radius 2 is 2.00 bits per heavy atom. The number of nitrogens with zero attached hydrogens (tertiary/aromatic N) is 2. The number of carbonyl (C=O) groups excluding carboxylic acids is 1. The Hall–Kier alpha value is -2.71. The monoisotopic (exact) mass is 467 g/mol. The van der Waals surface area contributed by atoms with E-state index >= 15 is 0 Å². The van der Waals surface area contributed by atoms with Crippen molar-refractivity contribution in [2.45, 2.75) is 37.2 Å². The number of fused-ring (bicyclic) bond motifs is 1. The Balaban J connectivity index is 1.59. The molecule has 0 aliphatic carbocycles. The zero-order valence-electron chi connectivity index (χ0n) is 18.3. The standard InChI is InChI=1S/C24H25N3O3S2/c1-4-30-18-8-6-17(7-9-18)27-23(29)22-20(11-12-31-22)26-24(27)32-14-21(28)25-19-10-5-15(2)13-16(19)3/h5-10,13H,4,11-12,14H2,1-3H3,(H,25,28). The summed E-state index contributed by atoms with van der Waals surface area (Å²) in [5, 5.41) is 3.48. The van der Waals surface area contributed by atoms with Gasteiger partial charge < -0.3 is 10.1 Å². The van der Waals surface area contributed by atoms with Crippen LogP contribution in [-0.4, -0.2) is 33.6 Å². The summed E-state index contributed by atoms with van der Waals surface area (Å²) in [4.78, 5) is 31.3. The molecule has 0 atom stereocenters. The number of aryl methyl sites for hydroxylation is 3. The second-order valence-electron chi connectivity index (χ2n) is 7.49. The van der Waals surface area contributed by atoms with Crippen molar-refractivity contribution in [3.05, 3.63) is 69.6 Å². The van der Waals surface area contributed by atoms with E-state index in [0.29, 0.717) is 22.3 Å². The van der Waals surface area contributed by atoms with Crippen LogP contribution in [0.1, 0.15) is 23.7 Å². The van der Waals surface area contributed by atoms with Gasteiger partial charge in [0, 0.05) is 17.9 Å². The van der Waals surface area contributed by atoms with Crippen LogP contribution in [0.25, 0.3) is 5.69 Å². The van der Waals surface area contributed by atoms with E-state index in [2.05, 4.69) is 5.32 Å². The highest BCUT2D eigenvalue weighted by Crippen LogP contribution is 2.30. The van der Waals surface area contributed by atoms with E-state index in [1.165, 1.54) is 11.8 Å². The first-order valence-electron chi connectivity index (χ1n) is 10.5. The molecular weight excluding hydrogens is 442 g/mol. The Bertz CT molecular complexity index is 1210. The largest absolute Gasteiger partial charge is 0.494 e. The predicted molar refractivity (Wildman–Crippen MR) is 131 cm³/mol. The molecule has 0 radical (unpaired) electrons. The van der Waals surface area contributed by atoms with Crippen molar-refractivity contribution in [3.8, 4) is 11.4 Å². The highest BCUT2D eigenvalue weighted by molar-refractivity contribution is 8.00. The molecule has 0 bridgehead atoms. The van der Waals surface area contributed by atoms with E-state index in [-0.39, 0.29) is 17.2 Å². The molecule has 0 unspecified atom stereocenters. The van der Waals surface area contributed by atoms with E-state index in [9.17, 15) is 9.59 Å². The second-order valence-corrected chi connectivity index (χ2v) is 9.54. The summed E-state index contributed by atoms with van der Waals surface area (Å²) in [5.74, 6) is 1.62. The number of benzene rings is 2. The fourth-order valence-corrected chi connectivity index (χ4v) is 5.40. The third kappa shape index (κ3) is 4.86. The molecule has 1 amide bonds. The molecule has 8 heteroatoms. The van der Waals surface area contributed by atoms with Gasteiger partial charge in [0.2, 0.25) is 5.91 Å². The Morgan fingerprint density at radius 3 is 2.72 bits per heavy atom. The maximum Gasteiger partial charge on any atom is 0.272 e. The molecule has 2 heterocycles. The van der Waals surface area contributed by atoms with Crippen LogP contribution >= 0.6 is 23.5 Å². The number of hydrogen-bond donors (Lipinski definition) is 1. The lowest BCUT2D eigenvalue weighted by atomic mass is 10.1. The van der Waals surface area contributed by atoms with Crippen molar-refractivity contribution in [1.82, 2.24) is 9.55 Å². The van der Waals surface area contributed by atoms with Crippen LogP contribution in [0.2, 0.25) is 0 Å². The summed E-state index contributed by atoms with van der Waals surface area (Å²) in [7, 11) is 0. The number of nitrogens with one attached hydrogen (secondary N) is 1. The highest BCUT2D eigenvalue weighted by atomic mass is 32.2. The molecule has 0 spiro atoms. The van der Waals surface area contributed by atoms with Crippen LogP contribution < -0.4 is 15.6 Å². The smallest absolute Gasteiger partial charge is 0.272 e. The van der Waals surface area contributed by atoms with Crippen LogP contribution in [0.4, 0.5) is 5.69 Å². The topological polar surface area (TPSA) is 73.2 Å². The number of anilines is 1. The lowest BCUT2D eigenvalue weighted by Gasteiger charge is -2.14. The Morgan fingerprint density at radius 1 is 1.22 bits per heavy atom. The van der Waals surface area contributed by atoms with Crippen molar-refractivity contribution in [2.24, 2.45) is 0 Å². The molecule has 166 valence electrons. The molecule has 0 saturated heterocycles. The second kappa shape index (κ2) is 9.83. The average molecular weight is 468 g/mol. The van der Waals surface area contributed by atoms with Gasteiger partial charge in [0.25, 0.3) is 5.56 Å². The predicted octanol–water partition coefficient (Wildman–Crippen LogP) is 4.63. The first-order valence-corrected chi connectivity index (χ1v) is 12.4. The van der Waals surface area contributed by atoms with Gasteiger partial charge in [-0.25, -0.2) is 4.98 Å². The number of carbonyl (C=O) groups is 1. The van der Waals surface area contributed by atoms with Crippen LogP contribution in [0.5, 0.6) is 5.75 Å². The van der Waals surface area contributed by atoms with Gasteiger partial charge in [-0.3, -0.25) is 14.2 Å². The molecule has 6 nitrogen and oxygen atoms in total. The molecule has 0 fully saturated rings. The number of thioether (sulfide) groups is 2. The van der Waals surface area contributed by atoms with Crippen molar-refractivity contribution in [2.75, 3.05) is 23.4 Å². The van der Waals surface area contributed by atoms with Crippen LogP contribution in [0.3, 0.4) is 0 Å². The van der Waals surface area contributed by atoms with Gasteiger partial charge in [0.05, 0.1) is 28.6 Å². The molecule has 0 saturated carbocycles. The van der Waals surface area contributed by atoms with Crippen molar-refractivity contribution < 1.29 is 9.53 Å². The van der Waals surface area contributed by atoms with Gasteiger partial charge in [-0.15, -0.1) is 11.8 Å². The summed E-state index contributed by atoms with van der Waals surface area (Å²) in [5.41, 5.74) is 4.40. The van der Waals surface area contributed by atoms with Crippen LogP contribution in [0.15, 0.2) is 57.3 Å². The molecule has 1 N–H and O–H groups in total. The van der Waals surface area contributed by atoms with E-state index in [4.69, 9.17) is 9.72 Å². The van der Waals surface area contributed by atoms with Crippen molar-refractivity contribution in [3.63, 3.8) is 0 Å². The summed E-state index contributed by atoms with van der Waals surface area (Å²) in [6, 6.07) is 13.3. The molecule has 3 aromatic rings. The minimum absolute atomic E-state index is 0.0843. The number of aromatic nitrogens is 2. The lowest BCUT2D eigenvalue weighted by Crippen LogP contribution is -2.24. The molecule has 1 aromatic heterocycles. The lowest BCUT2D eigenvalue weighted by molar-refractivity contribution is -0.113. The molecule has 1 aliphatic rings. The van der Waals surface area contributed by atoms with Gasteiger partial charge in [-0.1, -0.05) is 29.5 Å². The summed E-state index contributed by atoms with van der Waals surface area (Å²) < 4.78 is 7.12. The Labute approximate surface area is 195 Å². The van der Waals surface area contributed by atoms with E-state index in [0.717, 1.165) is 40.4 Å². The fourth-order valence-electron chi connectivity index (χ4n) is 3.55. The molecule has 4 rings (SSSR count). The first kappa shape index (κ1) is 22.5. The zero-order chi connectivity index (χ0) is 22.7. The van der Waals surface area contributed by atoms with Gasteiger partial charge in [-0.2, -0.15) is 0 Å². The normalized spacial score (nSPS) is 12.5. The third-order valence-corrected chi connectivity index (χ3v) is 7.11. The summed E-state index contributed by atoms with van der Waals surface area (Å²) in [6.07, 6.45) is 0.766. The highest BCUT2D eigenvalue weighted by Gasteiger charge is 2.23. The minimum atomic E-state index is -0.135. The van der Waals surface area contributed by atoms with E-state index < -0.39 is 0 Å². The minimum Gasteiger partial charge on any atom is -0.494 e. The van der Waals surface area contributed by atoms with Crippen molar-refractivity contribution in [1.29, 1.82) is 0 Å². The number of hydrogen-bond acceptors (Lipinski definition) is 6. The number of ether oxygens (including phenoxy) is 1. The molecular formula is C24H25N3O3S2. The SMILES string of the molecule is CCOc1ccc(-n2c(SCC(=O)Nc3ccc(C)cc3C)nc3c(c2=O)SCC3)cc1. The van der Waals surface area contributed by atoms with Gasteiger partial charge in [0.1, 0.15) is 5.75 Å². The van der Waals surface area contributed by atoms with E-state index in [1.807, 2.05) is 63.2 Å². The number of rotatable bonds is 7. The van der Waals surface area contributed by atoms with Crippen LogP contribution in [0, 0.1) is 13.8 Å².